The minimum Gasteiger partial charge on any atom is -0.340 e. The number of likely N-dealkylation sites (tertiary alicyclic amines) is 1. The van der Waals surface area contributed by atoms with E-state index in [0.717, 1.165) is 65.2 Å². The summed E-state index contributed by atoms with van der Waals surface area (Å²) in [6, 6.07) is 5.82. The van der Waals surface area contributed by atoms with Gasteiger partial charge in [-0.1, -0.05) is 36.2 Å². The molecule has 0 bridgehead atoms. The van der Waals surface area contributed by atoms with Crippen molar-refractivity contribution in [2.45, 2.75) is 26.3 Å². The Hall–Kier alpha value is -0.810. The zero-order chi connectivity index (χ0) is 17.8. The van der Waals surface area contributed by atoms with Gasteiger partial charge in [-0.25, -0.2) is 0 Å². The number of rotatable bonds is 4. The van der Waals surface area contributed by atoms with Gasteiger partial charge in [-0.3, -0.25) is 9.69 Å². The molecule has 4 nitrogen and oxygen atoms in total. The second-order valence-corrected chi connectivity index (χ2v) is 7.87. The van der Waals surface area contributed by atoms with E-state index in [9.17, 15) is 4.79 Å². The smallest absolute Gasteiger partial charge is 0.225 e. The summed E-state index contributed by atoms with van der Waals surface area (Å²) in [4.78, 5) is 19.6. The van der Waals surface area contributed by atoms with E-state index < -0.39 is 0 Å². The van der Waals surface area contributed by atoms with E-state index in [1.165, 1.54) is 5.56 Å². The number of amides is 1. The van der Waals surface area contributed by atoms with Gasteiger partial charge in [0.1, 0.15) is 0 Å². The van der Waals surface area contributed by atoms with Crippen molar-refractivity contribution < 1.29 is 4.79 Å². The molecule has 0 aliphatic carbocycles. The van der Waals surface area contributed by atoms with Crippen molar-refractivity contribution in [1.82, 2.24) is 14.7 Å². The maximum absolute atomic E-state index is 12.8. The van der Waals surface area contributed by atoms with Crippen LogP contribution in [0, 0.1) is 5.92 Å². The molecule has 138 valence electrons. The fourth-order valence-electron chi connectivity index (χ4n) is 3.78. The lowest BCUT2D eigenvalue weighted by molar-refractivity contribution is -0.138. The zero-order valence-corrected chi connectivity index (χ0v) is 16.4. The maximum Gasteiger partial charge on any atom is 0.225 e. The third-order valence-corrected chi connectivity index (χ3v) is 6.20. The summed E-state index contributed by atoms with van der Waals surface area (Å²) in [5, 5.41) is 1.20. The summed E-state index contributed by atoms with van der Waals surface area (Å²) in [6.45, 7) is 9.85. The van der Waals surface area contributed by atoms with Crippen molar-refractivity contribution in [2.75, 3.05) is 45.8 Å². The molecule has 0 atom stereocenters. The van der Waals surface area contributed by atoms with Gasteiger partial charge in [0.25, 0.3) is 0 Å². The third-order valence-electron chi connectivity index (χ3n) is 5.46. The molecule has 6 heteroatoms. The van der Waals surface area contributed by atoms with Crippen LogP contribution >= 0.6 is 23.2 Å². The standard InChI is InChI=1S/C19H27Cl2N3O/c1-2-22-9-11-24(12-10-22)19(25)16-5-7-23(8-6-16)14-15-3-4-17(20)18(21)13-15/h3-4,13,16H,2,5-12,14H2,1H3. The van der Waals surface area contributed by atoms with Crippen LogP contribution in [0.3, 0.4) is 0 Å². The third kappa shape index (κ3) is 4.88. The average molecular weight is 384 g/mol. The molecule has 2 aliphatic heterocycles. The van der Waals surface area contributed by atoms with Crippen LogP contribution in [0.2, 0.25) is 10.0 Å². The molecule has 0 saturated carbocycles. The average Bonchev–Trinajstić information content (AvgIpc) is 2.65. The summed E-state index contributed by atoms with van der Waals surface area (Å²) < 4.78 is 0. The van der Waals surface area contributed by atoms with Crippen LogP contribution in [0.25, 0.3) is 0 Å². The van der Waals surface area contributed by atoms with Gasteiger partial charge in [0.15, 0.2) is 0 Å². The summed E-state index contributed by atoms with van der Waals surface area (Å²) in [6.07, 6.45) is 1.91. The van der Waals surface area contributed by atoms with Crippen LogP contribution in [0.5, 0.6) is 0 Å². The quantitative estimate of drug-likeness (QED) is 0.797. The predicted molar refractivity (Wildman–Crippen MR) is 103 cm³/mol. The normalized spacial score (nSPS) is 20.8. The van der Waals surface area contributed by atoms with Crippen LogP contribution < -0.4 is 0 Å². The van der Waals surface area contributed by atoms with Crippen LogP contribution in [0.1, 0.15) is 25.3 Å². The number of benzene rings is 1. The van der Waals surface area contributed by atoms with Gasteiger partial charge in [-0.15, -0.1) is 0 Å². The molecule has 0 spiro atoms. The van der Waals surface area contributed by atoms with Crippen molar-refractivity contribution in [3.63, 3.8) is 0 Å². The highest BCUT2D eigenvalue weighted by Gasteiger charge is 2.30. The molecule has 0 radical (unpaired) electrons. The van der Waals surface area contributed by atoms with Gasteiger partial charge in [0.05, 0.1) is 10.0 Å². The second-order valence-electron chi connectivity index (χ2n) is 7.06. The zero-order valence-electron chi connectivity index (χ0n) is 14.9. The van der Waals surface area contributed by atoms with Crippen molar-refractivity contribution in [3.8, 4) is 0 Å². The fraction of sp³-hybridized carbons (Fsp3) is 0.632. The summed E-state index contributed by atoms with van der Waals surface area (Å²) in [5.74, 6) is 0.558. The molecule has 0 unspecified atom stereocenters. The first-order valence-corrected chi connectivity index (χ1v) is 10.00. The molecule has 25 heavy (non-hydrogen) atoms. The monoisotopic (exact) mass is 383 g/mol. The van der Waals surface area contributed by atoms with Gasteiger partial charge >= 0.3 is 0 Å². The van der Waals surface area contributed by atoms with Gasteiger partial charge in [-0.05, 0) is 50.2 Å². The Bertz CT molecular complexity index is 594. The van der Waals surface area contributed by atoms with Crippen LogP contribution in [-0.2, 0) is 11.3 Å². The first-order valence-electron chi connectivity index (χ1n) is 9.24. The molecular weight excluding hydrogens is 357 g/mol. The van der Waals surface area contributed by atoms with Crippen molar-refractivity contribution >= 4 is 29.1 Å². The van der Waals surface area contributed by atoms with E-state index in [2.05, 4.69) is 21.6 Å². The van der Waals surface area contributed by atoms with E-state index in [4.69, 9.17) is 23.2 Å². The van der Waals surface area contributed by atoms with Gasteiger partial charge in [0.2, 0.25) is 5.91 Å². The molecule has 3 rings (SSSR count). The largest absolute Gasteiger partial charge is 0.340 e. The van der Waals surface area contributed by atoms with E-state index in [1.807, 2.05) is 18.2 Å². The summed E-state index contributed by atoms with van der Waals surface area (Å²) >= 11 is 12.1. The minimum absolute atomic E-state index is 0.193. The second kappa shape index (κ2) is 8.72. The Morgan fingerprint density at radius 3 is 2.28 bits per heavy atom. The molecule has 1 amide bonds. The Morgan fingerprint density at radius 2 is 1.68 bits per heavy atom. The van der Waals surface area contributed by atoms with E-state index >= 15 is 0 Å². The SMILES string of the molecule is CCN1CCN(C(=O)C2CCN(Cc3ccc(Cl)c(Cl)c3)CC2)CC1. The maximum atomic E-state index is 12.8. The number of piperazine rings is 1. The summed E-state index contributed by atoms with van der Waals surface area (Å²) in [5.41, 5.74) is 1.18. The van der Waals surface area contributed by atoms with E-state index in [-0.39, 0.29) is 5.92 Å². The van der Waals surface area contributed by atoms with Crippen molar-refractivity contribution in [1.29, 1.82) is 0 Å². The molecule has 1 aromatic carbocycles. The first-order chi connectivity index (χ1) is 12.1. The number of nitrogens with zero attached hydrogens (tertiary/aromatic N) is 3. The lowest BCUT2D eigenvalue weighted by Crippen LogP contribution is -2.51. The minimum atomic E-state index is 0.193. The van der Waals surface area contributed by atoms with Gasteiger partial charge < -0.3 is 9.80 Å². The van der Waals surface area contributed by atoms with E-state index in [1.54, 1.807) is 0 Å². The number of carbonyl (C=O) groups excluding carboxylic acids is 1. The number of carbonyl (C=O) groups is 1. The molecule has 2 aliphatic rings. The lowest BCUT2D eigenvalue weighted by atomic mass is 9.94. The Kier molecular flexibility index (Phi) is 6.61. The Balaban J connectivity index is 1.46. The van der Waals surface area contributed by atoms with Gasteiger partial charge in [-0.2, -0.15) is 0 Å². The molecule has 0 N–H and O–H groups in total. The number of halogens is 2. The topological polar surface area (TPSA) is 26.8 Å². The van der Waals surface area contributed by atoms with Crippen LogP contribution in [-0.4, -0.2) is 66.4 Å². The number of hydrogen-bond acceptors (Lipinski definition) is 3. The number of likely N-dealkylation sites (N-methyl/N-ethyl adjacent to an activating group) is 1. The van der Waals surface area contributed by atoms with Gasteiger partial charge in [0, 0.05) is 38.6 Å². The summed E-state index contributed by atoms with van der Waals surface area (Å²) in [7, 11) is 0. The molecule has 0 aromatic heterocycles. The highest BCUT2D eigenvalue weighted by molar-refractivity contribution is 6.42. The number of hydrogen-bond donors (Lipinski definition) is 0. The Morgan fingerprint density at radius 1 is 1.00 bits per heavy atom. The highest BCUT2D eigenvalue weighted by Crippen LogP contribution is 2.25. The Labute approximate surface area is 160 Å². The van der Waals surface area contributed by atoms with Crippen LogP contribution in [0.15, 0.2) is 18.2 Å². The first kappa shape index (κ1) is 19.0. The predicted octanol–water partition coefficient (Wildman–Crippen LogP) is 3.37. The lowest BCUT2D eigenvalue weighted by Gasteiger charge is -2.38. The van der Waals surface area contributed by atoms with Crippen LogP contribution in [0.4, 0.5) is 0 Å². The molecule has 2 fully saturated rings. The van der Waals surface area contributed by atoms with E-state index in [0.29, 0.717) is 16.0 Å². The van der Waals surface area contributed by atoms with Crippen molar-refractivity contribution in [3.05, 3.63) is 33.8 Å². The number of piperidine rings is 1. The molecule has 1 aromatic rings. The molecule has 2 heterocycles. The van der Waals surface area contributed by atoms with Crippen molar-refractivity contribution in [2.24, 2.45) is 5.92 Å². The molecular formula is C19H27Cl2N3O. The fourth-order valence-corrected chi connectivity index (χ4v) is 4.10. The highest BCUT2D eigenvalue weighted by atomic mass is 35.5. The molecule has 2 saturated heterocycles.